The summed E-state index contributed by atoms with van der Waals surface area (Å²) in [6.07, 6.45) is 4.57. The van der Waals surface area contributed by atoms with Crippen molar-refractivity contribution in [3.8, 4) is 0 Å². The molecule has 0 aliphatic heterocycles. The van der Waals surface area contributed by atoms with Crippen molar-refractivity contribution in [3.05, 3.63) is 35.8 Å². The minimum absolute atomic E-state index is 0.307. The van der Waals surface area contributed by atoms with Gasteiger partial charge in [0.2, 0.25) is 0 Å². The summed E-state index contributed by atoms with van der Waals surface area (Å²) in [5, 5.41) is 10.8. The predicted octanol–water partition coefficient (Wildman–Crippen LogP) is 4.47. The Bertz CT molecular complexity index is 984. The Morgan fingerprint density at radius 1 is 1.33 bits per heavy atom. The molecule has 0 unspecified atom stereocenters. The largest absolute Gasteiger partial charge is 0.442 e. The van der Waals surface area contributed by atoms with E-state index in [9.17, 15) is 9.59 Å². The summed E-state index contributed by atoms with van der Waals surface area (Å²) in [7, 11) is 0. The lowest BCUT2D eigenvalue weighted by molar-refractivity contribution is 0.0319. The van der Waals surface area contributed by atoms with Crippen molar-refractivity contribution < 1.29 is 14.3 Å². The van der Waals surface area contributed by atoms with Gasteiger partial charge in [-0.3, -0.25) is 5.32 Å². The van der Waals surface area contributed by atoms with Gasteiger partial charge in [-0.25, -0.2) is 14.6 Å². The third kappa shape index (κ3) is 5.82. The fraction of sp³-hybridized carbons (Fsp3) is 0.429. The Morgan fingerprint density at radius 3 is 2.63 bits per heavy atom. The van der Waals surface area contributed by atoms with E-state index in [0.29, 0.717) is 23.7 Å². The number of hydrazone groups is 1. The van der Waals surface area contributed by atoms with Crippen LogP contribution in [0.5, 0.6) is 0 Å². The first-order chi connectivity index (χ1) is 14.1. The van der Waals surface area contributed by atoms with Gasteiger partial charge in [0.25, 0.3) is 0 Å². The summed E-state index contributed by atoms with van der Waals surface area (Å²) in [4.78, 5) is 28.7. The number of nitrogens with zero attached hydrogens (tertiary/aromatic N) is 4. The summed E-state index contributed by atoms with van der Waals surface area (Å²) in [5.41, 5.74) is 2.38. The van der Waals surface area contributed by atoms with Crippen molar-refractivity contribution in [1.29, 1.82) is 0 Å². The number of nitrogens with one attached hydrogen (secondary N) is 2. The fourth-order valence-electron chi connectivity index (χ4n) is 2.66. The maximum Gasteiger partial charge on any atom is 0.435 e. The van der Waals surface area contributed by atoms with Crippen LogP contribution in [-0.2, 0) is 4.74 Å². The van der Waals surface area contributed by atoms with Crippen LogP contribution in [0.4, 0.5) is 15.4 Å². The molecule has 2 heterocycles. The quantitative estimate of drug-likeness (QED) is 0.557. The molecular weight excluding hydrogens is 384 g/mol. The molecule has 0 saturated heterocycles. The molecule has 30 heavy (non-hydrogen) atoms. The lowest BCUT2D eigenvalue weighted by Crippen LogP contribution is -2.33. The molecule has 0 radical (unpaired) electrons. The number of carbonyl (C=O) groups excluding carboxylic acids is 2. The molecule has 9 heteroatoms. The molecule has 0 spiro atoms. The van der Waals surface area contributed by atoms with Crippen molar-refractivity contribution in [1.82, 2.24) is 19.7 Å². The summed E-state index contributed by atoms with van der Waals surface area (Å²) >= 11 is 0. The second-order valence-electron chi connectivity index (χ2n) is 7.67. The standard InChI is InChI=1S/C21H30N6O3/c1-8-22-19(28)25-17-13-26-11-10-16(12-18(26)24-17)14(3)15(4)27(23-9-2)20(29)30-21(5,6)7/h9-13H,8H2,1-7H3,(H2,22,25,28)/b15-14+,23-9+. The third-order valence-corrected chi connectivity index (χ3v) is 4.13. The normalized spacial score (nSPS) is 12.6. The average Bonchev–Trinajstić information content (AvgIpc) is 3.04. The molecule has 2 N–H and O–H groups in total. The van der Waals surface area contributed by atoms with E-state index in [-0.39, 0.29) is 6.03 Å². The number of imidazole rings is 1. The van der Waals surface area contributed by atoms with Crippen LogP contribution in [0.1, 0.15) is 54.0 Å². The second-order valence-corrected chi connectivity index (χ2v) is 7.67. The number of fused-ring (bicyclic) bond motifs is 1. The minimum Gasteiger partial charge on any atom is -0.442 e. The van der Waals surface area contributed by atoms with Gasteiger partial charge in [0, 0.05) is 24.7 Å². The summed E-state index contributed by atoms with van der Waals surface area (Å²) in [5.74, 6) is 0.447. The van der Waals surface area contributed by atoms with Gasteiger partial charge in [0.05, 0.1) is 6.20 Å². The van der Waals surface area contributed by atoms with E-state index in [4.69, 9.17) is 4.74 Å². The zero-order valence-electron chi connectivity index (χ0n) is 18.6. The lowest BCUT2D eigenvalue weighted by atomic mass is 10.1. The Balaban J connectivity index is 2.36. The average molecular weight is 415 g/mol. The summed E-state index contributed by atoms with van der Waals surface area (Å²) < 4.78 is 7.28. The van der Waals surface area contributed by atoms with Gasteiger partial charge in [0.1, 0.15) is 11.2 Å². The smallest absolute Gasteiger partial charge is 0.435 e. The third-order valence-electron chi connectivity index (χ3n) is 4.13. The van der Waals surface area contributed by atoms with E-state index in [1.165, 1.54) is 11.2 Å². The van der Waals surface area contributed by atoms with Gasteiger partial charge in [-0.2, -0.15) is 10.1 Å². The number of carbonyl (C=O) groups is 2. The maximum absolute atomic E-state index is 12.6. The molecule has 9 nitrogen and oxygen atoms in total. The molecule has 3 amide bonds. The number of allylic oxidation sites excluding steroid dienone is 2. The molecule has 0 saturated carbocycles. The molecule has 0 aliphatic rings. The summed E-state index contributed by atoms with van der Waals surface area (Å²) in [6.45, 7) is 13.2. The summed E-state index contributed by atoms with van der Waals surface area (Å²) in [6, 6.07) is 3.48. The first-order valence-corrected chi connectivity index (χ1v) is 9.79. The van der Waals surface area contributed by atoms with E-state index < -0.39 is 11.7 Å². The van der Waals surface area contributed by atoms with Crippen LogP contribution in [0, 0.1) is 0 Å². The Labute approximate surface area is 176 Å². The highest BCUT2D eigenvalue weighted by atomic mass is 16.6. The number of urea groups is 1. The van der Waals surface area contributed by atoms with E-state index in [2.05, 4.69) is 20.7 Å². The van der Waals surface area contributed by atoms with Gasteiger partial charge in [-0.05, 0) is 71.7 Å². The molecule has 162 valence electrons. The van der Waals surface area contributed by atoms with Crippen LogP contribution in [0.3, 0.4) is 0 Å². The van der Waals surface area contributed by atoms with Gasteiger partial charge < -0.3 is 14.5 Å². The number of anilines is 1. The zero-order chi connectivity index (χ0) is 22.5. The van der Waals surface area contributed by atoms with Crippen LogP contribution in [0.15, 0.2) is 35.3 Å². The Hall–Kier alpha value is -3.36. The van der Waals surface area contributed by atoms with E-state index >= 15 is 0 Å². The SMILES string of the molecule is C/C=N/N(C(=O)OC(C)(C)C)/C(C)=C(\C)c1ccn2cc(NC(=O)NCC)nc2c1. The van der Waals surface area contributed by atoms with E-state index in [0.717, 1.165) is 11.1 Å². The van der Waals surface area contributed by atoms with E-state index in [1.807, 2.05) is 64.3 Å². The van der Waals surface area contributed by atoms with E-state index in [1.54, 1.807) is 13.1 Å². The van der Waals surface area contributed by atoms with Gasteiger partial charge in [0.15, 0.2) is 5.82 Å². The molecule has 2 aromatic rings. The van der Waals surface area contributed by atoms with Crippen LogP contribution in [0.2, 0.25) is 0 Å². The minimum atomic E-state index is -0.630. The number of aromatic nitrogens is 2. The number of pyridine rings is 1. The Kier molecular flexibility index (Phi) is 7.20. The maximum atomic E-state index is 12.6. The number of hydrogen-bond donors (Lipinski definition) is 2. The van der Waals surface area contributed by atoms with Gasteiger partial charge in [-0.1, -0.05) is 0 Å². The zero-order valence-corrected chi connectivity index (χ0v) is 18.6. The fourth-order valence-corrected chi connectivity index (χ4v) is 2.66. The predicted molar refractivity (Wildman–Crippen MR) is 118 cm³/mol. The molecule has 2 aromatic heterocycles. The number of rotatable bonds is 5. The van der Waals surface area contributed by atoms with Crippen molar-refractivity contribution in [2.24, 2.45) is 5.10 Å². The van der Waals surface area contributed by atoms with Crippen LogP contribution < -0.4 is 10.6 Å². The number of amides is 3. The molecule has 2 rings (SSSR count). The van der Waals surface area contributed by atoms with Gasteiger partial charge >= 0.3 is 12.1 Å². The van der Waals surface area contributed by atoms with Crippen molar-refractivity contribution >= 4 is 35.4 Å². The van der Waals surface area contributed by atoms with Gasteiger partial charge in [-0.15, -0.1) is 0 Å². The molecule has 0 aliphatic carbocycles. The molecular formula is C21H30N6O3. The second kappa shape index (κ2) is 9.43. The Morgan fingerprint density at radius 2 is 2.03 bits per heavy atom. The van der Waals surface area contributed by atoms with Crippen molar-refractivity contribution in [3.63, 3.8) is 0 Å². The molecule has 0 fully saturated rings. The van der Waals surface area contributed by atoms with Crippen molar-refractivity contribution in [2.45, 2.75) is 54.1 Å². The molecule has 0 aromatic carbocycles. The van der Waals surface area contributed by atoms with Crippen molar-refractivity contribution in [2.75, 3.05) is 11.9 Å². The number of ether oxygens (including phenoxy) is 1. The molecule has 0 bridgehead atoms. The monoisotopic (exact) mass is 414 g/mol. The van der Waals surface area contributed by atoms with Crippen LogP contribution in [-0.4, -0.2) is 44.9 Å². The highest BCUT2D eigenvalue weighted by Crippen LogP contribution is 2.24. The van der Waals surface area contributed by atoms with Crippen LogP contribution in [0.25, 0.3) is 11.2 Å². The lowest BCUT2D eigenvalue weighted by Gasteiger charge is -2.25. The first-order valence-electron chi connectivity index (χ1n) is 9.79. The van der Waals surface area contributed by atoms with Crippen LogP contribution >= 0.6 is 0 Å². The highest BCUT2D eigenvalue weighted by molar-refractivity contribution is 5.88. The first kappa shape index (κ1) is 22.9. The highest BCUT2D eigenvalue weighted by Gasteiger charge is 2.24. The number of hydrogen-bond acceptors (Lipinski definition) is 5. The molecule has 0 atom stereocenters. The topological polar surface area (TPSA) is 100 Å².